The van der Waals surface area contributed by atoms with E-state index in [0.717, 1.165) is 29.5 Å². The minimum Gasteiger partial charge on any atom is -0.292 e. The van der Waals surface area contributed by atoms with Gasteiger partial charge in [-0.1, -0.05) is 11.6 Å². The lowest BCUT2D eigenvalue weighted by molar-refractivity contribution is 0.0855. The molecule has 1 saturated heterocycles. The second-order valence-electron chi connectivity index (χ2n) is 3.79. The summed E-state index contributed by atoms with van der Waals surface area (Å²) in [5, 5.41) is 0. The number of hydrogen-bond donors (Lipinski definition) is 0. The number of carbonyl (C=O) groups excluding carboxylic acids is 1. The first-order chi connectivity index (χ1) is 7.68. The maximum absolute atomic E-state index is 12.2. The molecule has 1 atom stereocenters. The Labute approximate surface area is 109 Å². The Balaban J connectivity index is 2.03. The van der Waals surface area contributed by atoms with Gasteiger partial charge in [-0.05, 0) is 19.1 Å². The van der Waals surface area contributed by atoms with E-state index in [-0.39, 0.29) is 11.8 Å². The predicted molar refractivity (Wildman–Crippen MR) is 72.0 cm³/mol. The Morgan fingerprint density at radius 1 is 1.44 bits per heavy atom. The smallest absolute Gasteiger partial charge is 0.189 e. The SMILES string of the molecule is CC(C(=O)c1ccc(Cl)s1)N1CCSCC1. The summed E-state index contributed by atoms with van der Waals surface area (Å²) in [6.07, 6.45) is 0. The molecule has 5 heteroatoms. The van der Waals surface area contributed by atoms with Gasteiger partial charge in [0.25, 0.3) is 0 Å². The standard InChI is InChI=1S/C11H14ClNOS2/c1-8(13-4-6-15-7-5-13)11(14)9-2-3-10(12)16-9/h2-3,8H,4-7H2,1H3. The average molecular weight is 276 g/mol. The topological polar surface area (TPSA) is 20.3 Å². The zero-order valence-corrected chi connectivity index (χ0v) is 11.5. The van der Waals surface area contributed by atoms with Crippen LogP contribution >= 0.6 is 34.7 Å². The van der Waals surface area contributed by atoms with Gasteiger partial charge in [-0.3, -0.25) is 9.69 Å². The van der Waals surface area contributed by atoms with E-state index in [1.165, 1.54) is 11.3 Å². The minimum absolute atomic E-state index is 0.0179. The molecular weight excluding hydrogens is 262 g/mol. The summed E-state index contributed by atoms with van der Waals surface area (Å²) in [5.41, 5.74) is 0. The first-order valence-corrected chi connectivity index (χ1v) is 7.65. The van der Waals surface area contributed by atoms with Crippen LogP contribution in [0.4, 0.5) is 0 Å². The molecule has 0 aromatic carbocycles. The second-order valence-corrected chi connectivity index (χ2v) is 6.73. The van der Waals surface area contributed by atoms with Crippen molar-refractivity contribution in [2.45, 2.75) is 13.0 Å². The van der Waals surface area contributed by atoms with Crippen molar-refractivity contribution >= 4 is 40.5 Å². The second kappa shape index (κ2) is 5.54. The first-order valence-electron chi connectivity index (χ1n) is 5.30. The van der Waals surface area contributed by atoms with Crippen LogP contribution < -0.4 is 0 Å². The third-order valence-electron chi connectivity index (χ3n) is 2.79. The van der Waals surface area contributed by atoms with E-state index >= 15 is 0 Å². The zero-order valence-electron chi connectivity index (χ0n) is 9.11. The van der Waals surface area contributed by atoms with Gasteiger partial charge in [-0.15, -0.1) is 11.3 Å². The molecule has 1 fully saturated rings. The van der Waals surface area contributed by atoms with Gasteiger partial charge in [0.2, 0.25) is 0 Å². The molecule has 0 N–H and O–H groups in total. The highest BCUT2D eigenvalue weighted by Gasteiger charge is 2.24. The van der Waals surface area contributed by atoms with Crippen molar-refractivity contribution in [1.29, 1.82) is 0 Å². The molecule has 1 aromatic heterocycles. The summed E-state index contributed by atoms with van der Waals surface area (Å²) >= 11 is 9.17. The highest BCUT2D eigenvalue weighted by atomic mass is 35.5. The molecule has 0 spiro atoms. The van der Waals surface area contributed by atoms with Gasteiger partial charge in [0.15, 0.2) is 5.78 Å². The minimum atomic E-state index is -0.0179. The van der Waals surface area contributed by atoms with Crippen LogP contribution in [0.2, 0.25) is 4.34 Å². The number of rotatable bonds is 3. The summed E-state index contributed by atoms with van der Waals surface area (Å²) in [6, 6.07) is 3.60. The Kier molecular flexibility index (Phi) is 4.30. The van der Waals surface area contributed by atoms with Crippen LogP contribution in [-0.2, 0) is 0 Å². The van der Waals surface area contributed by atoms with Crippen molar-refractivity contribution in [2.75, 3.05) is 24.6 Å². The van der Waals surface area contributed by atoms with Crippen LogP contribution in [0.15, 0.2) is 12.1 Å². The van der Waals surface area contributed by atoms with Crippen LogP contribution in [0.25, 0.3) is 0 Å². The molecule has 2 nitrogen and oxygen atoms in total. The average Bonchev–Trinajstić information content (AvgIpc) is 2.75. The van der Waals surface area contributed by atoms with E-state index in [1.807, 2.05) is 24.8 Å². The maximum Gasteiger partial charge on any atom is 0.189 e. The van der Waals surface area contributed by atoms with Crippen molar-refractivity contribution in [3.8, 4) is 0 Å². The number of Topliss-reactive ketones (excluding diaryl/α,β-unsaturated/α-hetero) is 1. The normalized spacial score (nSPS) is 19.6. The summed E-state index contributed by atoms with van der Waals surface area (Å²) in [6.45, 7) is 4.01. The fourth-order valence-corrected chi connectivity index (χ4v) is 3.78. The molecule has 1 aliphatic heterocycles. The summed E-state index contributed by atoms with van der Waals surface area (Å²) in [4.78, 5) is 15.2. The van der Waals surface area contributed by atoms with Crippen molar-refractivity contribution in [1.82, 2.24) is 4.90 Å². The third kappa shape index (κ3) is 2.80. The Morgan fingerprint density at radius 3 is 2.69 bits per heavy atom. The van der Waals surface area contributed by atoms with Gasteiger partial charge in [-0.2, -0.15) is 11.8 Å². The molecule has 1 unspecified atom stereocenters. The van der Waals surface area contributed by atoms with Crippen LogP contribution in [0.1, 0.15) is 16.6 Å². The van der Waals surface area contributed by atoms with Gasteiger partial charge in [0.05, 0.1) is 15.3 Å². The van der Waals surface area contributed by atoms with Gasteiger partial charge in [-0.25, -0.2) is 0 Å². The quantitative estimate of drug-likeness (QED) is 0.791. The molecule has 0 bridgehead atoms. The predicted octanol–water partition coefficient (Wildman–Crippen LogP) is 3.02. The van der Waals surface area contributed by atoms with Gasteiger partial charge < -0.3 is 0 Å². The van der Waals surface area contributed by atoms with Crippen LogP contribution in [0, 0.1) is 0 Å². The maximum atomic E-state index is 12.2. The highest BCUT2D eigenvalue weighted by Crippen LogP contribution is 2.24. The number of hydrogen-bond acceptors (Lipinski definition) is 4. The molecule has 1 aliphatic rings. The Hall–Kier alpha value is -0.0300. The van der Waals surface area contributed by atoms with E-state index in [9.17, 15) is 4.79 Å². The van der Waals surface area contributed by atoms with Crippen molar-refractivity contribution in [3.63, 3.8) is 0 Å². The van der Waals surface area contributed by atoms with Crippen LogP contribution in [-0.4, -0.2) is 41.3 Å². The van der Waals surface area contributed by atoms with Crippen molar-refractivity contribution in [2.24, 2.45) is 0 Å². The van der Waals surface area contributed by atoms with E-state index < -0.39 is 0 Å². The van der Waals surface area contributed by atoms with Crippen molar-refractivity contribution in [3.05, 3.63) is 21.3 Å². The Morgan fingerprint density at radius 2 is 2.12 bits per heavy atom. The van der Waals surface area contributed by atoms with Crippen LogP contribution in [0.3, 0.4) is 0 Å². The summed E-state index contributed by atoms with van der Waals surface area (Å²) in [7, 11) is 0. The number of nitrogens with zero attached hydrogens (tertiary/aromatic N) is 1. The monoisotopic (exact) mass is 275 g/mol. The third-order valence-corrected chi connectivity index (χ3v) is 4.98. The molecule has 2 rings (SSSR count). The van der Waals surface area contributed by atoms with E-state index in [1.54, 1.807) is 6.07 Å². The van der Waals surface area contributed by atoms with E-state index in [2.05, 4.69) is 4.90 Å². The number of halogens is 1. The largest absolute Gasteiger partial charge is 0.292 e. The summed E-state index contributed by atoms with van der Waals surface area (Å²) in [5.74, 6) is 2.45. The van der Waals surface area contributed by atoms with Gasteiger partial charge in [0, 0.05) is 24.6 Å². The molecule has 0 radical (unpaired) electrons. The van der Waals surface area contributed by atoms with Crippen LogP contribution in [0.5, 0.6) is 0 Å². The molecule has 88 valence electrons. The lowest BCUT2D eigenvalue weighted by Crippen LogP contribution is -2.43. The fraction of sp³-hybridized carbons (Fsp3) is 0.545. The molecule has 0 amide bonds. The van der Waals surface area contributed by atoms with E-state index in [0.29, 0.717) is 4.34 Å². The lowest BCUT2D eigenvalue weighted by Gasteiger charge is -2.30. The highest BCUT2D eigenvalue weighted by molar-refractivity contribution is 7.99. The number of ketones is 1. The molecule has 0 aliphatic carbocycles. The number of thioether (sulfide) groups is 1. The summed E-state index contributed by atoms with van der Waals surface area (Å²) < 4.78 is 0.685. The zero-order chi connectivity index (χ0) is 11.5. The molecule has 2 heterocycles. The Bertz CT molecular complexity index is 374. The van der Waals surface area contributed by atoms with Gasteiger partial charge in [0.1, 0.15) is 0 Å². The van der Waals surface area contributed by atoms with Gasteiger partial charge >= 0.3 is 0 Å². The number of thiophene rings is 1. The molecule has 16 heavy (non-hydrogen) atoms. The lowest BCUT2D eigenvalue weighted by atomic mass is 10.1. The molecule has 1 aromatic rings. The first kappa shape index (κ1) is 12.4. The molecule has 0 saturated carbocycles. The van der Waals surface area contributed by atoms with E-state index in [4.69, 9.17) is 11.6 Å². The molecular formula is C11H14ClNOS2. The van der Waals surface area contributed by atoms with Crippen molar-refractivity contribution < 1.29 is 4.79 Å². The fourth-order valence-electron chi connectivity index (χ4n) is 1.78. The number of carbonyl (C=O) groups is 1.